The van der Waals surface area contributed by atoms with Gasteiger partial charge in [0.15, 0.2) is 0 Å². The molecule has 1 aromatic carbocycles. The fraction of sp³-hybridized carbons (Fsp3) is 0.500. The number of carbonyl (C=O) groups is 1. The van der Waals surface area contributed by atoms with Gasteiger partial charge in [0, 0.05) is 6.04 Å². The van der Waals surface area contributed by atoms with Crippen LogP contribution in [-0.2, 0) is 11.2 Å². The van der Waals surface area contributed by atoms with Gasteiger partial charge in [0.25, 0.3) is 0 Å². The summed E-state index contributed by atoms with van der Waals surface area (Å²) in [4.78, 5) is 13.9. The Hall–Kier alpha value is -1.35. The SMILES string of the molecule is CCOC(=O)c1ccc2c(c1)CC[C@@H]2N(C)C. The lowest BCUT2D eigenvalue weighted by Gasteiger charge is -2.20. The van der Waals surface area contributed by atoms with Crippen molar-refractivity contribution in [2.75, 3.05) is 20.7 Å². The topological polar surface area (TPSA) is 29.5 Å². The van der Waals surface area contributed by atoms with Crippen LogP contribution in [0, 0.1) is 0 Å². The van der Waals surface area contributed by atoms with Crippen LogP contribution in [0.15, 0.2) is 18.2 Å². The molecule has 0 saturated heterocycles. The highest BCUT2D eigenvalue weighted by atomic mass is 16.5. The lowest BCUT2D eigenvalue weighted by atomic mass is 10.0. The average molecular weight is 233 g/mol. The molecule has 1 aliphatic carbocycles. The Morgan fingerprint density at radius 1 is 1.47 bits per heavy atom. The Bertz CT molecular complexity index is 426. The van der Waals surface area contributed by atoms with Crippen molar-refractivity contribution in [3.8, 4) is 0 Å². The molecule has 0 aromatic heterocycles. The number of hydrogen-bond donors (Lipinski definition) is 0. The molecule has 0 aliphatic heterocycles. The Morgan fingerprint density at radius 3 is 2.88 bits per heavy atom. The summed E-state index contributed by atoms with van der Waals surface area (Å²) in [7, 11) is 4.19. The lowest BCUT2D eigenvalue weighted by molar-refractivity contribution is 0.0526. The van der Waals surface area contributed by atoms with E-state index in [2.05, 4.69) is 25.1 Å². The third kappa shape index (κ3) is 2.34. The van der Waals surface area contributed by atoms with Gasteiger partial charge >= 0.3 is 5.97 Å². The van der Waals surface area contributed by atoms with Crippen molar-refractivity contribution in [2.45, 2.75) is 25.8 Å². The smallest absolute Gasteiger partial charge is 0.338 e. The predicted octanol–water partition coefficient (Wildman–Crippen LogP) is 2.41. The van der Waals surface area contributed by atoms with Gasteiger partial charge in [0.1, 0.15) is 0 Å². The monoisotopic (exact) mass is 233 g/mol. The first-order chi connectivity index (χ1) is 8.13. The van der Waals surface area contributed by atoms with E-state index in [1.54, 1.807) is 0 Å². The first-order valence-electron chi connectivity index (χ1n) is 6.10. The van der Waals surface area contributed by atoms with Crippen molar-refractivity contribution in [3.05, 3.63) is 34.9 Å². The maximum absolute atomic E-state index is 11.6. The molecule has 0 N–H and O–H groups in total. The molecule has 92 valence electrons. The molecule has 0 bridgehead atoms. The number of aryl methyl sites for hydroxylation is 1. The first kappa shape index (κ1) is 12.1. The van der Waals surface area contributed by atoms with E-state index in [1.165, 1.54) is 11.1 Å². The normalized spacial score (nSPS) is 18.2. The second kappa shape index (κ2) is 4.88. The second-order valence-corrected chi connectivity index (χ2v) is 4.65. The number of nitrogens with zero attached hydrogens (tertiary/aromatic N) is 1. The first-order valence-corrected chi connectivity index (χ1v) is 6.10. The molecule has 0 spiro atoms. The molecule has 2 rings (SSSR count). The van der Waals surface area contributed by atoms with Gasteiger partial charge in [-0.1, -0.05) is 6.07 Å². The summed E-state index contributed by atoms with van der Waals surface area (Å²) in [5.74, 6) is -0.219. The summed E-state index contributed by atoms with van der Waals surface area (Å²) in [6, 6.07) is 6.41. The molecule has 1 aromatic rings. The second-order valence-electron chi connectivity index (χ2n) is 4.65. The Kier molecular flexibility index (Phi) is 3.48. The minimum Gasteiger partial charge on any atom is -0.462 e. The quantitative estimate of drug-likeness (QED) is 0.751. The van der Waals surface area contributed by atoms with Crippen molar-refractivity contribution in [3.63, 3.8) is 0 Å². The zero-order valence-corrected chi connectivity index (χ0v) is 10.7. The van der Waals surface area contributed by atoms with Crippen LogP contribution in [0.3, 0.4) is 0 Å². The molecule has 0 saturated carbocycles. The molecule has 3 nitrogen and oxygen atoms in total. The molecule has 0 heterocycles. The maximum Gasteiger partial charge on any atom is 0.338 e. The standard InChI is InChI=1S/C14H19NO2/c1-4-17-14(16)11-5-7-12-10(9-11)6-8-13(12)15(2)3/h5,7,9,13H,4,6,8H2,1-3H3/t13-/m0/s1. The summed E-state index contributed by atoms with van der Waals surface area (Å²) < 4.78 is 5.01. The fourth-order valence-corrected chi connectivity index (χ4v) is 2.47. The molecular weight excluding hydrogens is 214 g/mol. The molecule has 17 heavy (non-hydrogen) atoms. The third-order valence-corrected chi connectivity index (χ3v) is 3.32. The number of fused-ring (bicyclic) bond motifs is 1. The highest BCUT2D eigenvalue weighted by molar-refractivity contribution is 5.89. The van der Waals surface area contributed by atoms with Gasteiger partial charge in [-0.15, -0.1) is 0 Å². The fourth-order valence-electron chi connectivity index (χ4n) is 2.47. The number of esters is 1. The minimum atomic E-state index is -0.219. The van der Waals surface area contributed by atoms with Gasteiger partial charge in [-0.25, -0.2) is 4.79 Å². The molecule has 0 radical (unpaired) electrons. The number of rotatable bonds is 3. The average Bonchev–Trinajstić information content (AvgIpc) is 2.71. The van der Waals surface area contributed by atoms with Crippen LogP contribution in [0.1, 0.15) is 40.9 Å². The van der Waals surface area contributed by atoms with Crippen LogP contribution in [0.25, 0.3) is 0 Å². The van der Waals surface area contributed by atoms with Crippen molar-refractivity contribution in [2.24, 2.45) is 0 Å². The predicted molar refractivity (Wildman–Crippen MR) is 67.1 cm³/mol. The van der Waals surface area contributed by atoms with Gasteiger partial charge in [-0.3, -0.25) is 0 Å². The van der Waals surface area contributed by atoms with Gasteiger partial charge in [0.2, 0.25) is 0 Å². The molecule has 1 atom stereocenters. The lowest BCUT2D eigenvalue weighted by Crippen LogP contribution is -2.17. The molecular formula is C14H19NO2. The summed E-state index contributed by atoms with van der Waals surface area (Å²) in [6.45, 7) is 2.25. The Morgan fingerprint density at radius 2 is 2.24 bits per heavy atom. The van der Waals surface area contributed by atoms with E-state index in [4.69, 9.17) is 4.74 Å². The summed E-state index contributed by atoms with van der Waals surface area (Å²) in [6.07, 6.45) is 2.18. The molecule has 0 amide bonds. The van der Waals surface area contributed by atoms with E-state index in [-0.39, 0.29) is 5.97 Å². The van der Waals surface area contributed by atoms with E-state index in [0.717, 1.165) is 12.8 Å². The Labute approximate surface area is 102 Å². The van der Waals surface area contributed by atoms with E-state index in [9.17, 15) is 4.79 Å². The minimum absolute atomic E-state index is 0.219. The van der Waals surface area contributed by atoms with Crippen molar-refractivity contribution >= 4 is 5.97 Å². The summed E-state index contributed by atoms with van der Waals surface area (Å²) in [5, 5.41) is 0. The van der Waals surface area contributed by atoms with E-state index in [1.807, 2.05) is 19.1 Å². The molecule has 0 unspecified atom stereocenters. The van der Waals surface area contributed by atoms with E-state index < -0.39 is 0 Å². The van der Waals surface area contributed by atoms with E-state index >= 15 is 0 Å². The zero-order chi connectivity index (χ0) is 12.4. The molecule has 0 fully saturated rings. The van der Waals surface area contributed by atoms with Gasteiger partial charge in [-0.05, 0) is 57.1 Å². The van der Waals surface area contributed by atoms with Crippen LogP contribution in [0.5, 0.6) is 0 Å². The largest absolute Gasteiger partial charge is 0.462 e. The van der Waals surface area contributed by atoms with Gasteiger partial charge in [0.05, 0.1) is 12.2 Å². The van der Waals surface area contributed by atoms with Crippen LogP contribution in [0.4, 0.5) is 0 Å². The highest BCUT2D eigenvalue weighted by Crippen LogP contribution is 2.34. The van der Waals surface area contributed by atoms with Crippen molar-refractivity contribution in [1.82, 2.24) is 4.90 Å². The molecule has 1 aliphatic rings. The summed E-state index contributed by atoms with van der Waals surface area (Å²) in [5.41, 5.74) is 3.31. The third-order valence-electron chi connectivity index (χ3n) is 3.32. The zero-order valence-electron chi connectivity index (χ0n) is 10.7. The van der Waals surface area contributed by atoms with Crippen LogP contribution < -0.4 is 0 Å². The van der Waals surface area contributed by atoms with Crippen LogP contribution in [-0.4, -0.2) is 31.6 Å². The highest BCUT2D eigenvalue weighted by Gasteiger charge is 2.24. The maximum atomic E-state index is 11.6. The van der Waals surface area contributed by atoms with Crippen LogP contribution >= 0.6 is 0 Å². The summed E-state index contributed by atoms with van der Waals surface area (Å²) >= 11 is 0. The Balaban J connectivity index is 2.25. The number of benzene rings is 1. The van der Waals surface area contributed by atoms with Crippen molar-refractivity contribution in [1.29, 1.82) is 0 Å². The molecule has 3 heteroatoms. The van der Waals surface area contributed by atoms with Crippen LogP contribution in [0.2, 0.25) is 0 Å². The number of hydrogen-bond acceptors (Lipinski definition) is 3. The van der Waals surface area contributed by atoms with E-state index in [0.29, 0.717) is 18.2 Å². The van der Waals surface area contributed by atoms with Gasteiger partial charge in [-0.2, -0.15) is 0 Å². The van der Waals surface area contributed by atoms with Crippen molar-refractivity contribution < 1.29 is 9.53 Å². The number of ether oxygens (including phenoxy) is 1. The number of carbonyl (C=O) groups excluding carboxylic acids is 1. The van der Waals surface area contributed by atoms with Gasteiger partial charge < -0.3 is 9.64 Å².